The topological polar surface area (TPSA) is 48.9 Å². The highest BCUT2D eigenvalue weighted by atomic mass is 19.4. The molecule has 0 fully saturated rings. The van der Waals surface area contributed by atoms with Crippen LogP contribution in [-0.2, 0) is 0 Å². The van der Waals surface area contributed by atoms with Gasteiger partial charge in [-0.15, -0.1) is 0 Å². The molecule has 0 spiro atoms. The first kappa shape index (κ1) is 21.1. The minimum Gasteiger partial charge on any atom is -0.492 e. The molecule has 2 N–H and O–H groups in total. The third-order valence-corrected chi connectivity index (χ3v) is 3.23. The van der Waals surface area contributed by atoms with E-state index in [0.717, 1.165) is 5.75 Å². The monoisotopic (exact) mass is 360 g/mol. The Balaban J connectivity index is 2.31. The molecule has 1 aromatic carbocycles. The molecule has 1 aromatic rings. The summed E-state index contributed by atoms with van der Waals surface area (Å²) in [6.45, 7) is 5.18. The van der Waals surface area contributed by atoms with Crippen molar-refractivity contribution in [3.63, 3.8) is 0 Å². The molecule has 0 saturated carbocycles. The summed E-state index contributed by atoms with van der Waals surface area (Å²) in [6, 6.07) is 7.77. The van der Waals surface area contributed by atoms with Gasteiger partial charge in [0.15, 0.2) is 5.96 Å². The minimum atomic E-state index is -4.19. The SMILES string of the molecule is CCNC(=NCCN(C)CC(F)(F)F)NCCOc1ccc(C)cc1. The summed E-state index contributed by atoms with van der Waals surface area (Å²) in [5.41, 5.74) is 1.17. The van der Waals surface area contributed by atoms with Crippen molar-refractivity contribution < 1.29 is 17.9 Å². The summed E-state index contributed by atoms with van der Waals surface area (Å²) in [7, 11) is 1.43. The number of ether oxygens (including phenoxy) is 1. The highest BCUT2D eigenvalue weighted by molar-refractivity contribution is 5.79. The van der Waals surface area contributed by atoms with Gasteiger partial charge in [-0.25, -0.2) is 0 Å². The lowest BCUT2D eigenvalue weighted by Crippen LogP contribution is -2.40. The Morgan fingerprint density at radius 1 is 1.20 bits per heavy atom. The molecular weight excluding hydrogens is 333 g/mol. The Bertz CT molecular complexity index is 518. The highest BCUT2D eigenvalue weighted by Crippen LogP contribution is 2.15. The number of alkyl halides is 3. The van der Waals surface area contributed by atoms with E-state index in [2.05, 4.69) is 15.6 Å². The maximum Gasteiger partial charge on any atom is 0.401 e. The normalized spacial score (nSPS) is 12.4. The number of guanidine groups is 1. The summed E-state index contributed by atoms with van der Waals surface area (Å²) in [4.78, 5) is 5.47. The molecule has 5 nitrogen and oxygen atoms in total. The van der Waals surface area contributed by atoms with E-state index in [1.807, 2.05) is 38.1 Å². The van der Waals surface area contributed by atoms with Crippen molar-refractivity contribution in [2.45, 2.75) is 20.0 Å². The third-order valence-electron chi connectivity index (χ3n) is 3.23. The number of benzene rings is 1. The molecule has 0 bridgehead atoms. The molecule has 1 rings (SSSR count). The fraction of sp³-hybridized carbons (Fsp3) is 0.588. The summed E-state index contributed by atoms with van der Waals surface area (Å²) >= 11 is 0. The minimum absolute atomic E-state index is 0.232. The summed E-state index contributed by atoms with van der Waals surface area (Å²) < 4.78 is 42.4. The molecule has 0 amide bonds. The highest BCUT2D eigenvalue weighted by Gasteiger charge is 2.28. The van der Waals surface area contributed by atoms with E-state index in [4.69, 9.17) is 4.74 Å². The fourth-order valence-corrected chi connectivity index (χ4v) is 2.03. The first-order chi connectivity index (χ1) is 11.8. The molecule has 0 atom stereocenters. The van der Waals surface area contributed by atoms with Gasteiger partial charge in [-0.1, -0.05) is 17.7 Å². The average Bonchev–Trinajstić information content (AvgIpc) is 2.51. The number of hydrogen-bond acceptors (Lipinski definition) is 3. The van der Waals surface area contributed by atoms with Crippen LogP contribution in [0.5, 0.6) is 5.75 Å². The summed E-state index contributed by atoms with van der Waals surface area (Å²) in [5, 5.41) is 6.15. The Labute approximate surface area is 147 Å². The van der Waals surface area contributed by atoms with Gasteiger partial charge in [-0.2, -0.15) is 13.2 Å². The molecule has 0 saturated heterocycles. The summed E-state index contributed by atoms with van der Waals surface area (Å²) in [6.07, 6.45) is -4.19. The van der Waals surface area contributed by atoms with Crippen molar-refractivity contribution >= 4 is 5.96 Å². The number of aryl methyl sites for hydroxylation is 1. The van der Waals surface area contributed by atoms with E-state index < -0.39 is 12.7 Å². The second-order valence-corrected chi connectivity index (χ2v) is 5.70. The first-order valence-corrected chi connectivity index (χ1v) is 8.27. The summed E-state index contributed by atoms with van der Waals surface area (Å²) in [5.74, 6) is 1.36. The number of halogens is 3. The Morgan fingerprint density at radius 3 is 2.48 bits per heavy atom. The number of nitrogens with zero attached hydrogens (tertiary/aromatic N) is 2. The molecule has 25 heavy (non-hydrogen) atoms. The van der Waals surface area contributed by atoms with Gasteiger partial charge in [0.05, 0.1) is 19.6 Å². The molecule has 0 heterocycles. The molecule has 0 aromatic heterocycles. The van der Waals surface area contributed by atoms with Gasteiger partial charge < -0.3 is 15.4 Å². The second kappa shape index (κ2) is 10.8. The van der Waals surface area contributed by atoms with Crippen molar-refractivity contribution in [2.75, 3.05) is 46.4 Å². The van der Waals surface area contributed by atoms with Gasteiger partial charge in [0, 0.05) is 13.1 Å². The van der Waals surface area contributed by atoms with Crippen LogP contribution >= 0.6 is 0 Å². The molecule has 142 valence electrons. The van der Waals surface area contributed by atoms with Gasteiger partial charge in [0.1, 0.15) is 12.4 Å². The predicted molar refractivity (Wildman–Crippen MR) is 94.2 cm³/mol. The van der Waals surface area contributed by atoms with E-state index in [1.165, 1.54) is 17.5 Å². The third kappa shape index (κ3) is 10.5. The van der Waals surface area contributed by atoms with Gasteiger partial charge in [-0.05, 0) is 33.0 Å². The molecular formula is C17H27F3N4O. The van der Waals surface area contributed by atoms with Crippen LogP contribution in [0.2, 0.25) is 0 Å². The van der Waals surface area contributed by atoms with E-state index in [-0.39, 0.29) is 13.1 Å². The Morgan fingerprint density at radius 2 is 1.88 bits per heavy atom. The quantitative estimate of drug-likeness (QED) is 0.403. The number of hydrogen-bond donors (Lipinski definition) is 2. The second-order valence-electron chi connectivity index (χ2n) is 5.70. The average molecular weight is 360 g/mol. The van der Waals surface area contributed by atoms with Crippen molar-refractivity contribution in [2.24, 2.45) is 4.99 Å². The molecule has 0 aliphatic rings. The van der Waals surface area contributed by atoms with E-state index in [0.29, 0.717) is 25.7 Å². The van der Waals surface area contributed by atoms with Gasteiger partial charge in [0.25, 0.3) is 0 Å². The Hall–Kier alpha value is -1.96. The van der Waals surface area contributed by atoms with Crippen molar-refractivity contribution in [1.82, 2.24) is 15.5 Å². The number of rotatable bonds is 9. The zero-order chi connectivity index (χ0) is 18.7. The van der Waals surface area contributed by atoms with E-state index in [9.17, 15) is 13.2 Å². The largest absolute Gasteiger partial charge is 0.492 e. The maximum atomic E-state index is 12.3. The molecule has 0 aliphatic carbocycles. The maximum absolute atomic E-state index is 12.3. The van der Waals surface area contributed by atoms with Crippen LogP contribution < -0.4 is 15.4 Å². The molecule has 0 radical (unpaired) electrons. The lowest BCUT2D eigenvalue weighted by molar-refractivity contribution is -0.142. The van der Waals surface area contributed by atoms with E-state index in [1.54, 1.807) is 0 Å². The zero-order valence-electron chi connectivity index (χ0n) is 15.0. The fourth-order valence-electron chi connectivity index (χ4n) is 2.03. The molecule has 0 unspecified atom stereocenters. The predicted octanol–water partition coefficient (Wildman–Crippen LogP) is 2.42. The number of likely N-dealkylation sites (N-methyl/N-ethyl adjacent to an activating group) is 1. The van der Waals surface area contributed by atoms with Crippen LogP contribution in [-0.4, -0.2) is 63.4 Å². The first-order valence-electron chi connectivity index (χ1n) is 8.27. The van der Waals surface area contributed by atoms with E-state index >= 15 is 0 Å². The molecule has 8 heteroatoms. The van der Waals surface area contributed by atoms with Crippen LogP contribution in [0.25, 0.3) is 0 Å². The van der Waals surface area contributed by atoms with Crippen LogP contribution in [0.3, 0.4) is 0 Å². The van der Waals surface area contributed by atoms with Gasteiger partial charge in [0.2, 0.25) is 0 Å². The van der Waals surface area contributed by atoms with Gasteiger partial charge in [-0.3, -0.25) is 9.89 Å². The smallest absolute Gasteiger partial charge is 0.401 e. The van der Waals surface area contributed by atoms with Crippen molar-refractivity contribution in [3.8, 4) is 5.75 Å². The van der Waals surface area contributed by atoms with Crippen molar-refractivity contribution in [1.29, 1.82) is 0 Å². The lowest BCUT2D eigenvalue weighted by atomic mass is 10.2. The standard InChI is InChI=1S/C17H27F3N4O/c1-4-21-16(22-9-11-24(3)13-17(18,19)20)23-10-12-25-15-7-5-14(2)6-8-15/h5-8H,4,9-13H2,1-3H3,(H2,21,22,23). The van der Waals surface area contributed by atoms with Crippen LogP contribution in [0.4, 0.5) is 13.2 Å². The molecule has 0 aliphatic heterocycles. The number of nitrogens with one attached hydrogen (secondary N) is 2. The van der Waals surface area contributed by atoms with Crippen LogP contribution in [0.15, 0.2) is 29.3 Å². The number of aliphatic imine (C=N–C) groups is 1. The van der Waals surface area contributed by atoms with Crippen LogP contribution in [0.1, 0.15) is 12.5 Å². The Kier molecular flexibility index (Phi) is 9.12. The van der Waals surface area contributed by atoms with Gasteiger partial charge >= 0.3 is 6.18 Å². The van der Waals surface area contributed by atoms with Crippen molar-refractivity contribution in [3.05, 3.63) is 29.8 Å². The zero-order valence-corrected chi connectivity index (χ0v) is 15.0. The lowest BCUT2D eigenvalue weighted by Gasteiger charge is -2.18. The van der Waals surface area contributed by atoms with Crippen LogP contribution in [0, 0.1) is 6.92 Å².